The largest absolute Gasteiger partial charge is 0.339 e. The van der Waals surface area contributed by atoms with Crippen LogP contribution in [0.25, 0.3) is 0 Å². The van der Waals surface area contributed by atoms with E-state index >= 15 is 0 Å². The van der Waals surface area contributed by atoms with Crippen LogP contribution in [0.15, 0.2) is 4.52 Å². The molecular weight excluding hydrogens is 238 g/mol. The van der Waals surface area contributed by atoms with Crippen molar-refractivity contribution in [2.45, 2.75) is 72.3 Å². The first-order chi connectivity index (χ1) is 8.77. The van der Waals surface area contributed by atoms with Crippen molar-refractivity contribution in [2.24, 2.45) is 5.92 Å². The Kier molecular flexibility index (Phi) is 5.53. The Morgan fingerprint density at radius 1 is 1.21 bits per heavy atom. The van der Waals surface area contributed by atoms with E-state index in [9.17, 15) is 0 Å². The molecule has 4 heteroatoms. The zero-order chi connectivity index (χ0) is 14.6. The Morgan fingerprint density at radius 3 is 2.26 bits per heavy atom. The van der Waals surface area contributed by atoms with Crippen LogP contribution in [0, 0.1) is 5.92 Å². The molecule has 1 N–H and O–H groups in total. The van der Waals surface area contributed by atoms with E-state index in [1.54, 1.807) is 0 Å². The van der Waals surface area contributed by atoms with Crippen molar-refractivity contribution in [3.8, 4) is 0 Å². The second kappa shape index (κ2) is 6.51. The second-order valence-electron chi connectivity index (χ2n) is 6.72. The molecule has 0 saturated carbocycles. The molecule has 0 saturated heterocycles. The van der Waals surface area contributed by atoms with Crippen LogP contribution in [0.3, 0.4) is 0 Å². The molecule has 19 heavy (non-hydrogen) atoms. The van der Waals surface area contributed by atoms with Crippen LogP contribution in [-0.2, 0) is 5.41 Å². The number of rotatable bonds is 6. The summed E-state index contributed by atoms with van der Waals surface area (Å²) in [5, 5.41) is 7.67. The third-order valence-electron chi connectivity index (χ3n) is 3.37. The summed E-state index contributed by atoms with van der Waals surface area (Å²) in [7, 11) is 0. The summed E-state index contributed by atoms with van der Waals surface area (Å²) in [6.07, 6.45) is 1.13. The number of nitrogens with one attached hydrogen (secondary N) is 1. The number of hydrogen-bond acceptors (Lipinski definition) is 4. The van der Waals surface area contributed by atoms with Gasteiger partial charge in [-0.3, -0.25) is 0 Å². The Bertz CT molecular complexity index is 379. The molecule has 0 fully saturated rings. The van der Waals surface area contributed by atoms with Gasteiger partial charge in [0.05, 0.1) is 5.92 Å². The molecule has 2 unspecified atom stereocenters. The molecule has 110 valence electrons. The lowest BCUT2D eigenvalue weighted by atomic mass is 9.89. The third kappa shape index (κ3) is 4.30. The zero-order valence-electron chi connectivity index (χ0n) is 13.4. The molecular formula is C15H29N3O. The first-order valence-corrected chi connectivity index (χ1v) is 7.34. The molecule has 1 rings (SSSR count). The third-order valence-corrected chi connectivity index (χ3v) is 3.37. The van der Waals surface area contributed by atoms with Gasteiger partial charge in [0.15, 0.2) is 5.82 Å². The van der Waals surface area contributed by atoms with Gasteiger partial charge in [-0.25, -0.2) is 0 Å². The van der Waals surface area contributed by atoms with Crippen molar-refractivity contribution in [1.82, 2.24) is 15.5 Å². The minimum atomic E-state index is -0.0661. The molecule has 1 aromatic heterocycles. The van der Waals surface area contributed by atoms with Gasteiger partial charge in [0.1, 0.15) is 0 Å². The van der Waals surface area contributed by atoms with Crippen molar-refractivity contribution in [3.05, 3.63) is 11.7 Å². The van der Waals surface area contributed by atoms with Crippen molar-refractivity contribution in [2.75, 3.05) is 6.54 Å². The van der Waals surface area contributed by atoms with Crippen LogP contribution in [0.2, 0.25) is 0 Å². The molecule has 4 nitrogen and oxygen atoms in total. The van der Waals surface area contributed by atoms with E-state index in [-0.39, 0.29) is 11.3 Å². The lowest BCUT2D eigenvalue weighted by Crippen LogP contribution is -2.35. The topological polar surface area (TPSA) is 51.0 Å². The summed E-state index contributed by atoms with van der Waals surface area (Å²) in [5.74, 6) is 2.27. The van der Waals surface area contributed by atoms with Crippen LogP contribution in [0.5, 0.6) is 0 Å². The fraction of sp³-hybridized carbons (Fsp3) is 0.867. The quantitative estimate of drug-likeness (QED) is 0.857. The summed E-state index contributed by atoms with van der Waals surface area (Å²) in [6, 6.07) is 0.341. The van der Waals surface area contributed by atoms with Gasteiger partial charge in [-0.2, -0.15) is 4.98 Å². The summed E-state index contributed by atoms with van der Waals surface area (Å²) in [5.41, 5.74) is -0.0661. The van der Waals surface area contributed by atoms with Crippen LogP contribution in [-0.4, -0.2) is 22.7 Å². The van der Waals surface area contributed by atoms with Crippen molar-refractivity contribution in [3.63, 3.8) is 0 Å². The van der Waals surface area contributed by atoms with E-state index in [2.05, 4.69) is 63.9 Å². The second-order valence-corrected chi connectivity index (χ2v) is 6.72. The van der Waals surface area contributed by atoms with Crippen LogP contribution in [0.1, 0.15) is 72.5 Å². The lowest BCUT2D eigenvalue weighted by molar-refractivity contribution is 0.277. The van der Waals surface area contributed by atoms with E-state index in [4.69, 9.17) is 4.52 Å². The van der Waals surface area contributed by atoms with Gasteiger partial charge < -0.3 is 9.84 Å². The minimum absolute atomic E-state index is 0.0661. The van der Waals surface area contributed by atoms with E-state index in [1.807, 2.05) is 0 Å². The number of aromatic nitrogens is 2. The molecule has 0 aliphatic heterocycles. The SMILES string of the molecule is CCCNC(C)C(c1nc(C(C)(C)C)no1)C(C)C. The Morgan fingerprint density at radius 2 is 1.84 bits per heavy atom. The van der Waals surface area contributed by atoms with Gasteiger partial charge >= 0.3 is 0 Å². The Labute approximate surface area is 117 Å². The summed E-state index contributed by atoms with van der Waals surface area (Å²) < 4.78 is 5.51. The predicted octanol–water partition coefficient (Wildman–Crippen LogP) is 3.49. The Hall–Kier alpha value is -0.900. The molecule has 0 radical (unpaired) electrons. The molecule has 2 atom stereocenters. The summed E-state index contributed by atoms with van der Waals surface area (Å²) in [4.78, 5) is 4.61. The molecule has 0 aromatic carbocycles. The maximum Gasteiger partial charge on any atom is 0.231 e. The highest BCUT2D eigenvalue weighted by molar-refractivity contribution is 5.05. The van der Waals surface area contributed by atoms with E-state index in [1.165, 1.54) is 0 Å². The van der Waals surface area contributed by atoms with Crippen molar-refractivity contribution < 1.29 is 4.52 Å². The predicted molar refractivity (Wildman–Crippen MR) is 78.3 cm³/mol. The van der Waals surface area contributed by atoms with Crippen LogP contribution < -0.4 is 5.32 Å². The average Bonchev–Trinajstić information content (AvgIpc) is 2.74. The highest BCUT2D eigenvalue weighted by Crippen LogP contribution is 2.29. The van der Waals surface area contributed by atoms with Gasteiger partial charge in [0.25, 0.3) is 0 Å². The normalized spacial score (nSPS) is 15.8. The first kappa shape index (κ1) is 16.2. The van der Waals surface area contributed by atoms with Crippen molar-refractivity contribution >= 4 is 0 Å². The monoisotopic (exact) mass is 267 g/mol. The van der Waals surface area contributed by atoms with Gasteiger partial charge in [-0.1, -0.05) is 46.7 Å². The van der Waals surface area contributed by atoms with Crippen molar-refractivity contribution in [1.29, 1.82) is 0 Å². The van der Waals surface area contributed by atoms with Gasteiger partial charge in [-0.15, -0.1) is 0 Å². The summed E-state index contributed by atoms with van der Waals surface area (Å²) >= 11 is 0. The van der Waals surface area contributed by atoms with Crippen LogP contribution in [0.4, 0.5) is 0 Å². The molecule has 0 amide bonds. The van der Waals surface area contributed by atoms with Gasteiger partial charge in [-0.05, 0) is 25.8 Å². The molecule has 1 heterocycles. The van der Waals surface area contributed by atoms with Gasteiger partial charge in [0, 0.05) is 11.5 Å². The smallest absolute Gasteiger partial charge is 0.231 e. The molecule has 1 aromatic rings. The highest BCUT2D eigenvalue weighted by Gasteiger charge is 2.30. The van der Waals surface area contributed by atoms with E-state index in [0.29, 0.717) is 12.0 Å². The first-order valence-electron chi connectivity index (χ1n) is 7.34. The lowest BCUT2D eigenvalue weighted by Gasteiger charge is -2.25. The summed E-state index contributed by atoms with van der Waals surface area (Å²) in [6.45, 7) is 16.1. The zero-order valence-corrected chi connectivity index (χ0v) is 13.4. The van der Waals surface area contributed by atoms with E-state index < -0.39 is 0 Å². The molecule has 0 aliphatic rings. The van der Waals surface area contributed by atoms with Gasteiger partial charge in [0.2, 0.25) is 5.89 Å². The minimum Gasteiger partial charge on any atom is -0.339 e. The maximum atomic E-state index is 5.51. The van der Waals surface area contributed by atoms with Crippen LogP contribution >= 0.6 is 0 Å². The number of hydrogen-bond donors (Lipinski definition) is 1. The fourth-order valence-electron chi connectivity index (χ4n) is 2.25. The molecule has 0 aliphatic carbocycles. The fourth-order valence-corrected chi connectivity index (χ4v) is 2.25. The average molecular weight is 267 g/mol. The highest BCUT2D eigenvalue weighted by atomic mass is 16.5. The Balaban J connectivity index is 2.90. The molecule has 0 bridgehead atoms. The molecule has 0 spiro atoms. The van der Waals surface area contributed by atoms with E-state index in [0.717, 1.165) is 24.7 Å². The maximum absolute atomic E-state index is 5.51. The number of nitrogens with zero attached hydrogens (tertiary/aromatic N) is 2. The standard InChI is InChI=1S/C15H29N3O/c1-8-9-16-11(4)12(10(2)3)13-17-14(18-19-13)15(5,6)7/h10-12,16H,8-9H2,1-7H3.